The van der Waals surface area contributed by atoms with Gasteiger partial charge in [0.2, 0.25) is 10.0 Å². The maximum absolute atomic E-state index is 13.9. The number of piperazine rings is 1. The van der Waals surface area contributed by atoms with E-state index in [1.165, 1.54) is 11.0 Å². The first-order valence-corrected chi connectivity index (χ1v) is 10.7. The molecule has 0 radical (unpaired) electrons. The number of halogens is 4. The predicted molar refractivity (Wildman–Crippen MR) is 104 cm³/mol. The summed E-state index contributed by atoms with van der Waals surface area (Å²) in [5.74, 6) is -2.06. The Balaban J connectivity index is 1.58. The standard InChI is InChI=1S/C18H16Cl2F2N2O4S/c19-12-1-3-16(14(20)9-12)28-11-18(25)23-5-7-24(8-6-23)29(26,27)17-4-2-13(21)10-15(17)22/h1-4,9-10H,5-8,11H2. The zero-order valence-corrected chi connectivity index (χ0v) is 17.3. The van der Waals surface area contributed by atoms with E-state index in [1.54, 1.807) is 12.1 Å². The number of ether oxygens (including phenoxy) is 1. The molecule has 11 heteroatoms. The zero-order chi connectivity index (χ0) is 21.2. The van der Waals surface area contributed by atoms with Crippen molar-refractivity contribution in [3.8, 4) is 5.75 Å². The van der Waals surface area contributed by atoms with Crippen LogP contribution in [0.15, 0.2) is 41.3 Å². The molecule has 0 aliphatic carbocycles. The molecule has 1 aliphatic heterocycles. The number of hydrogen-bond donors (Lipinski definition) is 0. The van der Waals surface area contributed by atoms with Gasteiger partial charge in [0, 0.05) is 37.3 Å². The normalized spacial score (nSPS) is 15.4. The maximum Gasteiger partial charge on any atom is 0.260 e. The van der Waals surface area contributed by atoms with Gasteiger partial charge in [-0.25, -0.2) is 17.2 Å². The van der Waals surface area contributed by atoms with Crippen LogP contribution >= 0.6 is 23.2 Å². The molecular formula is C18H16Cl2F2N2O4S. The molecule has 1 heterocycles. The van der Waals surface area contributed by atoms with E-state index in [-0.39, 0.29) is 43.7 Å². The molecule has 0 spiro atoms. The molecule has 2 aromatic rings. The van der Waals surface area contributed by atoms with Gasteiger partial charge in [-0.15, -0.1) is 0 Å². The quantitative estimate of drug-likeness (QED) is 0.681. The average molecular weight is 465 g/mol. The van der Waals surface area contributed by atoms with E-state index in [0.717, 1.165) is 16.4 Å². The molecule has 1 fully saturated rings. The Morgan fingerprint density at radius 2 is 1.72 bits per heavy atom. The second-order valence-electron chi connectivity index (χ2n) is 6.22. The van der Waals surface area contributed by atoms with Crippen molar-refractivity contribution >= 4 is 39.1 Å². The van der Waals surface area contributed by atoms with E-state index >= 15 is 0 Å². The molecule has 0 bridgehead atoms. The fourth-order valence-electron chi connectivity index (χ4n) is 2.82. The molecule has 2 aromatic carbocycles. The third-order valence-electron chi connectivity index (χ3n) is 4.35. The minimum absolute atomic E-state index is 0.0212. The highest BCUT2D eigenvalue weighted by Gasteiger charge is 2.32. The fraction of sp³-hybridized carbons (Fsp3) is 0.278. The van der Waals surface area contributed by atoms with Crippen molar-refractivity contribution in [2.24, 2.45) is 0 Å². The van der Waals surface area contributed by atoms with Gasteiger partial charge in [0.05, 0.1) is 5.02 Å². The summed E-state index contributed by atoms with van der Waals surface area (Å²) in [6.07, 6.45) is 0. The molecule has 1 saturated heterocycles. The van der Waals surface area contributed by atoms with Crippen LogP contribution in [0.1, 0.15) is 0 Å². The van der Waals surface area contributed by atoms with Gasteiger partial charge in [-0.05, 0) is 30.3 Å². The number of carbonyl (C=O) groups excluding carboxylic acids is 1. The summed E-state index contributed by atoms with van der Waals surface area (Å²) in [6.45, 7) is -0.100. The lowest BCUT2D eigenvalue weighted by atomic mass is 10.3. The summed E-state index contributed by atoms with van der Waals surface area (Å²) in [6, 6.07) is 6.90. The zero-order valence-electron chi connectivity index (χ0n) is 14.9. The van der Waals surface area contributed by atoms with Crippen molar-refractivity contribution in [3.63, 3.8) is 0 Å². The van der Waals surface area contributed by atoms with Gasteiger partial charge in [0.25, 0.3) is 5.91 Å². The molecule has 0 N–H and O–H groups in total. The topological polar surface area (TPSA) is 66.9 Å². The van der Waals surface area contributed by atoms with Crippen molar-refractivity contribution in [3.05, 3.63) is 58.1 Å². The van der Waals surface area contributed by atoms with E-state index in [1.807, 2.05) is 0 Å². The summed E-state index contributed by atoms with van der Waals surface area (Å²) in [4.78, 5) is 13.2. The Kier molecular flexibility index (Phi) is 6.62. The Labute approximate surface area is 176 Å². The Morgan fingerprint density at radius 3 is 2.34 bits per heavy atom. The van der Waals surface area contributed by atoms with Crippen LogP contribution in [0.25, 0.3) is 0 Å². The maximum atomic E-state index is 13.9. The molecule has 0 unspecified atom stereocenters. The summed E-state index contributed by atoms with van der Waals surface area (Å²) < 4.78 is 58.5. The molecule has 1 amide bonds. The molecule has 156 valence electrons. The van der Waals surface area contributed by atoms with Gasteiger partial charge >= 0.3 is 0 Å². The van der Waals surface area contributed by atoms with Crippen molar-refractivity contribution < 1.29 is 26.7 Å². The van der Waals surface area contributed by atoms with Crippen LogP contribution in [0.3, 0.4) is 0 Å². The van der Waals surface area contributed by atoms with Crippen LogP contribution in [0.2, 0.25) is 10.0 Å². The van der Waals surface area contributed by atoms with E-state index in [0.29, 0.717) is 16.8 Å². The van der Waals surface area contributed by atoms with Gasteiger partial charge < -0.3 is 9.64 Å². The molecule has 29 heavy (non-hydrogen) atoms. The largest absolute Gasteiger partial charge is 0.482 e. The number of rotatable bonds is 5. The monoisotopic (exact) mass is 464 g/mol. The van der Waals surface area contributed by atoms with E-state index in [4.69, 9.17) is 27.9 Å². The first kappa shape index (κ1) is 21.8. The van der Waals surface area contributed by atoms with Gasteiger partial charge in [0.1, 0.15) is 22.3 Å². The van der Waals surface area contributed by atoms with E-state index < -0.39 is 26.6 Å². The van der Waals surface area contributed by atoms with Crippen molar-refractivity contribution in [1.82, 2.24) is 9.21 Å². The average Bonchev–Trinajstić information content (AvgIpc) is 2.67. The lowest BCUT2D eigenvalue weighted by Crippen LogP contribution is -2.51. The second-order valence-corrected chi connectivity index (χ2v) is 8.97. The van der Waals surface area contributed by atoms with E-state index in [2.05, 4.69) is 0 Å². The third-order valence-corrected chi connectivity index (χ3v) is 6.81. The molecular weight excluding hydrogens is 449 g/mol. The second kappa shape index (κ2) is 8.83. The van der Waals surface area contributed by atoms with Crippen LogP contribution in [0.5, 0.6) is 5.75 Å². The highest BCUT2D eigenvalue weighted by Crippen LogP contribution is 2.27. The molecule has 6 nitrogen and oxygen atoms in total. The number of nitrogens with zero attached hydrogens (tertiary/aromatic N) is 2. The number of sulfonamides is 1. The van der Waals surface area contributed by atoms with Crippen LogP contribution in [0, 0.1) is 11.6 Å². The number of benzene rings is 2. The molecule has 0 atom stereocenters. The SMILES string of the molecule is O=C(COc1ccc(Cl)cc1Cl)N1CCN(S(=O)(=O)c2ccc(F)cc2F)CC1. The predicted octanol–water partition coefficient (Wildman–Crippen LogP) is 3.18. The third kappa shape index (κ3) is 4.98. The Bertz CT molecular complexity index is 1030. The molecule has 0 aromatic heterocycles. The lowest BCUT2D eigenvalue weighted by molar-refractivity contribution is -0.134. The summed E-state index contributed by atoms with van der Waals surface area (Å²) >= 11 is 11.8. The van der Waals surface area contributed by atoms with Crippen molar-refractivity contribution in [2.75, 3.05) is 32.8 Å². The highest BCUT2D eigenvalue weighted by atomic mass is 35.5. The number of carbonyl (C=O) groups is 1. The van der Waals surface area contributed by atoms with Gasteiger partial charge in [-0.3, -0.25) is 4.79 Å². The van der Waals surface area contributed by atoms with Crippen LogP contribution in [-0.2, 0) is 14.8 Å². The van der Waals surface area contributed by atoms with Crippen LogP contribution in [-0.4, -0.2) is 56.3 Å². The molecule has 1 aliphatic rings. The highest BCUT2D eigenvalue weighted by molar-refractivity contribution is 7.89. The lowest BCUT2D eigenvalue weighted by Gasteiger charge is -2.34. The van der Waals surface area contributed by atoms with Gasteiger partial charge in [-0.1, -0.05) is 23.2 Å². The van der Waals surface area contributed by atoms with Gasteiger partial charge in [-0.2, -0.15) is 4.31 Å². The Morgan fingerprint density at radius 1 is 1.03 bits per heavy atom. The number of hydrogen-bond acceptors (Lipinski definition) is 4. The first-order valence-electron chi connectivity index (χ1n) is 8.49. The summed E-state index contributed by atoms with van der Waals surface area (Å²) in [7, 11) is -4.13. The van der Waals surface area contributed by atoms with E-state index in [9.17, 15) is 22.0 Å². The first-order chi connectivity index (χ1) is 13.7. The van der Waals surface area contributed by atoms with Crippen LogP contribution in [0.4, 0.5) is 8.78 Å². The van der Waals surface area contributed by atoms with Gasteiger partial charge in [0.15, 0.2) is 6.61 Å². The molecule has 3 rings (SSSR count). The molecule has 0 saturated carbocycles. The Hall–Kier alpha value is -1.94. The summed E-state index contributed by atoms with van der Waals surface area (Å²) in [5.41, 5.74) is 0. The minimum Gasteiger partial charge on any atom is -0.482 e. The van der Waals surface area contributed by atoms with Crippen molar-refractivity contribution in [2.45, 2.75) is 4.90 Å². The van der Waals surface area contributed by atoms with Crippen LogP contribution < -0.4 is 4.74 Å². The minimum atomic E-state index is -4.13. The fourth-order valence-corrected chi connectivity index (χ4v) is 4.75. The number of amides is 1. The summed E-state index contributed by atoms with van der Waals surface area (Å²) in [5, 5.41) is 0.700. The smallest absolute Gasteiger partial charge is 0.260 e. The van der Waals surface area contributed by atoms with Crippen molar-refractivity contribution in [1.29, 1.82) is 0 Å².